The van der Waals surface area contributed by atoms with Gasteiger partial charge in [-0.05, 0) is 0 Å². The lowest BCUT2D eigenvalue weighted by Gasteiger charge is -2.50. The number of nitrogens with zero attached hydrogens (tertiary/aromatic N) is 6. The van der Waals surface area contributed by atoms with Crippen molar-refractivity contribution >= 4 is 68.1 Å². The molecule has 1 fully saturated rings. The largest absolute Gasteiger partial charge is 0.543 e. The van der Waals surface area contributed by atoms with Gasteiger partial charge in [0.25, 0.3) is 17.6 Å². The van der Waals surface area contributed by atoms with Gasteiger partial charge in [-0.1, -0.05) is 16.5 Å². The number of carbonyl (C=O) groups is 3. The molecule has 14 nitrogen and oxygen atoms in total. The number of fused-ring (bicyclic) bond motifs is 2. The predicted molar refractivity (Wildman–Crippen MR) is 131 cm³/mol. The minimum Gasteiger partial charge on any atom is -0.543 e. The molecule has 17 heteroatoms. The van der Waals surface area contributed by atoms with E-state index in [-0.39, 0.29) is 35.5 Å². The Labute approximate surface area is 221 Å². The van der Waals surface area contributed by atoms with Crippen LogP contribution in [0.1, 0.15) is 11.6 Å². The number of amides is 2. The van der Waals surface area contributed by atoms with Gasteiger partial charge < -0.3 is 30.9 Å². The van der Waals surface area contributed by atoms with Crippen LogP contribution in [-0.2, 0) is 32.2 Å². The fourth-order valence-electron chi connectivity index (χ4n) is 4.26. The lowest BCUT2D eigenvalue weighted by Crippen LogP contribution is -2.71. The first-order valence-electron chi connectivity index (χ1n) is 10.8. The third-order valence-corrected chi connectivity index (χ3v) is 8.47. The van der Waals surface area contributed by atoms with Gasteiger partial charge in [-0.2, -0.15) is 13.8 Å². The van der Waals surface area contributed by atoms with E-state index in [9.17, 15) is 24.6 Å². The summed E-state index contributed by atoms with van der Waals surface area (Å²) >= 11 is 3.71. The molecule has 0 aromatic carbocycles. The Bertz CT molecular complexity index is 1460. The number of oxime groups is 1. The van der Waals surface area contributed by atoms with Crippen LogP contribution in [0.3, 0.4) is 0 Å². The van der Waals surface area contributed by atoms with Crippen LogP contribution in [0.25, 0.3) is 4.83 Å². The maximum atomic E-state index is 13.0. The number of carboxylic acid groups (broad SMARTS) is 1. The first-order chi connectivity index (χ1) is 17.8. The minimum atomic E-state index is -1.48. The zero-order valence-electron chi connectivity index (χ0n) is 19.2. The molecule has 0 spiro atoms. The third kappa shape index (κ3) is 4.43. The van der Waals surface area contributed by atoms with E-state index in [1.165, 1.54) is 30.2 Å². The molecule has 2 amide bonds. The van der Waals surface area contributed by atoms with Crippen LogP contribution in [-0.4, -0.2) is 78.1 Å². The van der Waals surface area contributed by atoms with Gasteiger partial charge in [0, 0.05) is 28.2 Å². The average Bonchev–Trinajstić information content (AvgIpc) is 3.58. The third-order valence-electron chi connectivity index (χ3n) is 5.79. The highest BCUT2D eigenvalue weighted by atomic mass is 32.2. The van der Waals surface area contributed by atoms with Crippen molar-refractivity contribution in [1.82, 2.24) is 24.0 Å². The minimum absolute atomic E-state index is 0.0532. The Morgan fingerprint density at radius 1 is 1.46 bits per heavy atom. The molecular formula is C20H20N8O6S3. The van der Waals surface area contributed by atoms with E-state index in [0.29, 0.717) is 17.7 Å². The number of aliphatic hydroxyl groups excluding tert-OH is 1. The number of hydrogen-bond acceptors (Lipinski definition) is 13. The molecule has 37 heavy (non-hydrogen) atoms. The number of hydrogen-bond donors (Lipinski definition) is 3. The standard InChI is InChI=1S/C20H20N8O6S3/c1-34-24-12(15-23-20(21)37-25-15)16(30)22-13-17(31)28-14(19(32)33)9(8-36-18(13)28)6-26-7-11-27(3-5-35-11)10(26)2-4-29/h3,5,7,13,18,29H,2,4,6,8H2,1H3,(H3-,21,22,23,25,30,32,33)/b24-12-/t13-,18-/m1/s1. The molecule has 3 aromatic heterocycles. The number of rotatable bonds is 9. The summed E-state index contributed by atoms with van der Waals surface area (Å²) < 4.78 is 7.75. The Balaban J connectivity index is 1.38. The van der Waals surface area contributed by atoms with Crippen LogP contribution in [0.2, 0.25) is 0 Å². The normalized spacial score (nSPS) is 19.7. The van der Waals surface area contributed by atoms with Gasteiger partial charge in [0.15, 0.2) is 5.13 Å². The van der Waals surface area contributed by atoms with Gasteiger partial charge in [0.05, 0.1) is 24.7 Å². The van der Waals surface area contributed by atoms with Crippen molar-refractivity contribution in [3.8, 4) is 0 Å². The Kier molecular flexibility index (Phi) is 6.84. The van der Waals surface area contributed by atoms with E-state index < -0.39 is 29.2 Å². The van der Waals surface area contributed by atoms with E-state index in [4.69, 9.17) is 10.6 Å². The van der Waals surface area contributed by atoms with Crippen LogP contribution in [0.4, 0.5) is 5.13 Å². The van der Waals surface area contributed by atoms with Crippen molar-refractivity contribution < 1.29 is 34.0 Å². The Morgan fingerprint density at radius 2 is 2.27 bits per heavy atom. The number of aliphatic hydroxyl groups is 1. The molecule has 2 aliphatic rings. The number of imidazole rings is 1. The number of thioether (sulfide) groups is 1. The summed E-state index contributed by atoms with van der Waals surface area (Å²) in [4.78, 5) is 48.8. The SMILES string of the molecule is CO/N=C(\C(=O)N[C@@H]1C(=O)N2C(C(=O)[O-])=C(C[n+]3cc4sccn4c3CCO)CS[C@H]12)c1nsc(N)n1. The molecule has 0 radical (unpaired) electrons. The summed E-state index contributed by atoms with van der Waals surface area (Å²) in [6.45, 7) is 0.129. The molecule has 0 aliphatic carbocycles. The molecule has 2 atom stereocenters. The topological polar surface area (TPSA) is 191 Å². The number of aromatic nitrogens is 4. The van der Waals surface area contributed by atoms with Crippen molar-refractivity contribution in [2.45, 2.75) is 24.4 Å². The van der Waals surface area contributed by atoms with E-state index in [1.54, 1.807) is 0 Å². The Hall–Kier alpha value is -3.54. The molecular weight excluding hydrogens is 544 g/mol. The smallest absolute Gasteiger partial charge is 0.278 e. The molecule has 4 N–H and O–H groups in total. The molecule has 0 unspecified atom stereocenters. The second-order valence-corrected chi connectivity index (χ2v) is 10.8. The summed E-state index contributed by atoms with van der Waals surface area (Å²) in [5, 5.41) is 29.3. The molecule has 0 bridgehead atoms. The van der Waals surface area contributed by atoms with Crippen LogP contribution in [0.5, 0.6) is 0 Å². The van der Waals surface area contributed by atoms with E-state index in [1.807, 2.05) is 26.7 Å². The summed E-state index contributed by atoms with van der Waals surface area (Å²) in [5.41, 5.74) is 5.60. The lowest BCUT2D eigenvalue weighted by atomic mass is 10.0. The van der Waals surface area contributed by atoms with Gasteiger partial charge in [0.1, 0.15) is 37.5 Å². The number of carboxylic acids is 1. The number of nitrogen functional groups attached to an aromatic ring is 1. The van der Waals surface area contributed by atoms with E-state index in [2.05, 4.69) is 19.8 Å². The summed E-state index contributed by atoms with van der Waals surface area (Å²) in [6.07, 6.45) is 4.13. The quantitative estimate of drug-likeness (QED) is 0.110. The summed E-state index contributed by atoms with van der Waals surface area (Å²) in [5.74, 6) is -1.79. The van der Waals surface area contributed by atoms with Crippen LogP contribution < -0.4 is 20.7 Å². The first kappa shape index (κ1) is 25.1. The molecule has 194 valence electrons. The van der Waals surface area contributed by atoms with Gasteiger partial charge in [-0.3, -0.25) is 14.5 Å². The Morgan fingerprint density at radius 3 is 2.95 bits per heavy atom. The number of aliphatic carboxylic acids is 1. The fourth-order valence-corrected chi connectivity index (χ4v) is 6.82. The highest BCUT2D eigenvalue weighted by molar-refractivity contribution is 8.00. The predicted octanol–water partition coefficient (Wildman–Crippen LogP) is -2.29. The molecule has 0 saturated carbocycles. The maximum absolute atomic E-state index is 13.0. The van der Waals surface area contributed by atoms with E-state index in [0.717, 1.165) is 27.1 Å². The number of carbonyl (C=O) groups excluding carboxylic acids is 3. The second-order valence-electron chi connectivity index (χ2n) is 7.94. The fraction of sp³-hybridized carbons (Fsp3) is 0.350. The highest BCUT2D eigenvalue weighted by Gasteiger charge is 2.53. The number of β-lactam (4-membered cyclic amide) rings is 1. The molecule has 5 rings (SSSR count). The number of anilines is 1. The second kappa shape index (κ2) is 10.1. The monoisotopic (exact) mass is 564 g/mol. The van der Waals surface area contributed by atoms with Crippen LogP contribution in [0.15, 0.2) is 34.2 Å². The zero-order valence-corrected chi connectivity index (χ0v) is 21.6. The summed E-state index contributed by atoms with van der Waals surface area (Å²) in [7, 11) is 1.24. The molecule has 2 aliphatic heterocycles. The first-order valence-corrected chi connectivity index (χ1v) is 13.5. The van der Waals surface area contributed by atoms with Crippen molar-refractivity contribution in [3.05, 3.63) is 40.7 Å². The van der Waals surface area contributed by atoms with Gasteiger partial charge in [-0.15, -0.1) is 11.8 Å². The summed E-state index contributed by atoms with van der Waals surface area (Å²) in [6, 6.07) is -0.996. The van der Waals surface area contributed by atoms with Crippen molar-refractivity contribution in [2.75, 3.05) is 25.2 Å². The lowest BCUT2D eigenvalue weighted by molar-refractivity contribution is -0.695. The zero-order chi connectivity index (χ0) is 26.3. The van der Waals surface area contributed by atoms with Crippen molar-refractivity contribution in [3.63, 3.8) is 0 Å². The van der Waals surface area contributed by atoms with Crippen molar-refractivity contribution in [2.24, 2.45) is 5.16 Å². The number of nitrogens with two attached hydrogens (primary N) is 1. The number of thiazole rings is 1. The highest BCUT2D eigenvalue weighted by Crippen LogP contribution is 2.40. The van der Waals surface area contributed by atoms with Gasteiger partial charge in [0.2, 0.25) is 16.4 Å². The van der Waals surface area contributed by atoms with Crippen LogP contribution in [0, 0.1) is 0 Å². The maximum Gasteiger partial charge on any atom is 0.278 e. The van der Waals surface area contributed by atoms with Gasteiger partial charge >= 0.3 is 0 Å². The molecule has 3 aromatic rings. The number of nitrogens with one attached hydrogen (secondary N) is 1. The van der Waals surface area contributed by atoms with Crippen LogP contribution >= 0.6 is 34.6 Å². The average molecular weight is 565 g/mol. The molecule has 1 saturated heterocycles. The molecule has 5 heterocycles. The van der Waals surface area contributed by atoms with Crippen molar-refractivity contribution in [1.29, 1.82) is 0 Å². The van der Waals surface area contributed by atoms with E-state index >= 15 is 0 Å². The van der Waals surface area contributed by atoms with Gasteiger partial charge in [-0.25, -0.2) is 4.57 Å².